The molecule has 0 aromatic carbocycles. The van der Waals surface area contributed by atoms with Crippen molar-refractivity contribution >= 4 is 5.91 Å². The smallest absolute Gasteiger partial charge is 0.254 e. The lowest BCUT2D eigenvalue weighted by molar-refractivity contribution is 0.0998. The molecule has 0 unspecified atom stereocenters. The summed E-state index contributed by atoms with van der Waals surface area (Å²) in [6.45, 7) is 1.78. The zero-order chi connectivity index (χ0) is 9.30. The molecule has 4 heteroatoms. The third kappa shape index (κ3) is 1.37. The number of nitrogens with zero attached hydrogens (tertiary/aromatic N) is 1. The average Bonchev–Trinajstić information content (AvgIpc) is 1.96. The minimum atomic E-state index is -0.685. The topological polar surface area (TPSA) is 65.1 Å². The molecule has 0 bridgehead atoms. The van der Waals surface area contributed by atoms with Crippen LogP contribution >= 0.6 is 0 Å². The summed E-state index contributed by atoms with van der Waals surface area (Å²) >= 11 is 0. The van der Waals surface area contributed by atoms with E-state index < -0.39 is 5.91 Å². The van der Waals surface area contributed by atoms with E-state index in [0.29, 0.717) is 0 Å². The van der Waals surface area contributed by atoms with Gasteiger partial charge in [0.2, 0.25) is 0 Å². The van der Waals surface area contributed by atoms with Crippen molar-refractivity contribution in [3.05, 3.63) is 33.7 Å². The first-order valence-electron chi connectivity index (χ1n) is 3.49. The third-order valence-electron chi connectivity index (χ3n) is 1.75. The molecule has 0 radical (unpaired) electrons. The Kier molecular flexibility index (Phi) is 1.99. The fourth-order valence-corrected chi connectivity index (χ4v) is 0.913. The van der Waals surface area contributed by atoms with Crippen molar-refractivity contribution in [2.45, 2.75) is 6.92 Å². The molecule has 0 spiro atoms. The molecule has 0 saturated heterocycles. The molecule has 2 N–H and O–H groups in total. The molecular formula is C8H10N2O2. The van der Waals surface area contributed by atoms with Crippen LogP contribution in [0.2, 0.25) is 0 Å². The van der Waals surface area contributed by atoms with E-state index in [-0.39, 0.29) is 11.0 Å². The number of carbonyl (C=O) groups is 1. The Morgan fingerprint density at radius 2 is 2.17 bits per heavy atom. The number of amides is 1. The van der Waals surface area contributed by atoms with Crippen LogP contribution in [-0.2, 0) is 7.05 Å². The van der Waals surface area contributed by atoms with Crippen molar-refractivity contribution in [2.24, 2.45) is 12.8 Å². The molecule has 1 heterocycles. The number of aromatic nitrogens is 1. The molecule has 4 nitrogen and oxygen atoms in total. The Morgan fingerprint density at radius 3 is 2.67 bits per heavy atom. The lowest BCUT2D eigenvalue weighted by atomic mass is 10.2. The summed E-state index contributed by atoms with van der Waals surface area (Å²) in [5.74, 6) is -0.685. The molecule has 0 fully saturated rings. The summed E-state index contributed by atoms with van der Waals surface area (Å²) in [7, 11) is 1.75. The second kappa shape index (κ2) is 2.81. The maximum Gasteiger partial charge on any atom is 0.254 e. The minimum Gasteiger partial charge on any atom is -0.365 e. The maximum atomic E-state index is 11.1. The van der Waals surface area contributed by atoms with Gasteiger partial charge in [-0.15, -0.1) is 0 Å². The second-order valence-electron chi connectivity index (χ2n) is 2.67. The molecular weight excluding hydrogens is 156 g/mol. The van der Waals surface area contributed by atoms with Crippen molar-refractivity contribution in [3.63, 3.8) is 0 Å². The van der Waals surface area contributed by atoms with E-state index in [1.165, 1.54) is 12.3 Å². The van der Waals surface area contributed by atoms with Crippen molar-refractivity contribution < 1.29 is 4.79 Å². The molecule has 0 aliphatic rings. The predicted molar refractivity (Wildman–Crippen MR) is 44.9 cm³/mol. The van der Waals surface area contributed by atoms with Gasteiger partial charge in [0.05, 0.1) is 0 Å². The fourth-order valence-electron chi connectivity index (χ4n) is 0.913. The molecule has 0 aliphatic heterocycles. The van der Waals surface area contributed by atoms with Crippen LogP contribution in [0, 0.1) is 6.92 Å². The first-order valence-corrected chi connectivity index (χ1v) is 3.49. The highest BCUT2D eigenvalue weighted by atomic mass is 16.2. The van der Waals surface area contributed by atoms with Crippen molar-refractivity contribution in [2.75, 3.05) is 0 Å². The highest BCUT2D eigenvalue weighted by Gasteiger charge is 2.06. The van der Waals surface area contributed by atoms with E-state index in [1.807, 2.05) is 0 Å². The Labute approximate surface area is 69.6 Å². The minimum absolute atomic E-state index is 0.0306. The fraction of sp³-hybridized carbons (Fsp3) is 0.250. The van der Waals surface area contributed by atoms with Crippen molar-refractivity contribution in [1.82, 2.24) is 4.57 Å². The van der Waals surface area contributed by atoms with E-state index in [9.17, 15) is 9.59 Å². The normalized spacial score (nSPS) is 9.83. The lowest BCUT2D eigenvalue weighted by Gasteiger charge is -2.03. The molecule has 1 aromatic heterocycles. The molecule has 0 aliphatic carbocycles. The van der Waals surface area contributed by atoms with Gasteiger partial charge in [-0.3, -0.25) is 9.59 Å². The summed E-state index contributed by atoms with van der Waals surface area (Å²) in [5.41, 5.74) is 5.49. The SMILES string of the molecule is Cc1cc(=O)c(C(N)=O)cn1C. The molecule has 1 aromatic rings. The highest BCUT2D eigenvalue weighted by molar-refractivity contribution is 5.92. The zero-order valence-electron chi connectivity index (χ0n) is 7.00. The first-order chi connectivity index (χ1) is 5.52. The lowest BCUT2D eigenvalue weighted by Crippen LogP contribution is -2.23. The molecule has 64 valence electrons. The van der Waals surface area contributed by atoms with Crippen LogP contribution in [-0.4, -0.2) is 10.5 Å². The number of primary amides is 1. The number of hydrogen-bond acceptors (Lipinski definition) is 2. The zero-order valence-corrected chi connectivity index (χ0v) is 7.00. The van der Waals surface area contributed by atoms with Gasteiger partial charge in [0.1, 0.15) is 5.56 Å². The van der Waals surface area contributed by atoms with Crippen molar-refractivity contribution in [3.8, 4) is 0 Å². The molecule has 0 atom stereocenters. The summed E-state index contributed by atoms with van der Waals surface area (Å²) in [5, 5.41) is 0. The van der Waals surface area contributed by atoms with E-state index in [4.69, 9.17) is 5.73 Å². The van der Waals surface area contributed by atoms with Crippen LogP contribution in [0.3, 0.4) is 0 Å². The Bertz CT molecular complexity index is 379. The Morgan fingerprint density at radius 1 is 1.58 bits per heavy atom. The van der Waals surface area contributed by atoms with Gasteiger partial charge in [-0.05, 0) is 6.92 Å². The molecule has 12 heavy (non-hydrogen) atoms. The number of nitrogens with two attached hydrogens (primary N) is 1. The average molecular weight is 166 g/mol. The molecule has 1 rings (SSSR count). The molecule has 0 saturated carbocycles. The number of carbonyl (C=O) groups excluding carboxylic acids is 1. The van der Waals surface area contributed by atoms with Gasteiger partial charge in [0, 0.05) is 25.0 Å². The van der Waals surface area contributed by atoms with Gasteiger partial charge in [-0.25, -0.2) is 0 Å². The number of pyridine rings is 1. The van der Waals surface area contributed by atoms with Gasteiger partial charge >= 0.3 is 0 Å². The summed E-state index contributed by atoms with van der Waals surface area (Å²) in [6.07, 6.45) is 1.44. The quantitative estimate of drug-likeness (QED) is 0.627. The van der Waals surface area contributed by atoms with E-state index in [1.54, 1.807) is 18.5 Å². The number of aryl methyl sites for hydroxylation is 2. The van der Waals surface area contributed by atoms with Gasteiger partial charge in [0.25, 0.3) is 5.91 Å². The maximum absolute atomic E-state index is 11.1. The van der Waals surface area contributed by atoms with E-state index >= 15 is 0 Å². The van der Waals surface area contributed by atoms with Crippen molar-refractivity contribution in [1.29, 1.82) is 0 Å². The predicted octanol–water partition coefficient (Wildman–Crippen LogP) is -0.207. The Balaban J connectivity index is 3.43. The third-order valence-corrected chi connectivity index (χ3v) is 1.75. The van der Waals surface area contributed by atoms with E-state index in [0.717, 1.165) is 5.69 Å². The largest absolute Gasteiger partial charge is 0.365 e. The van der Waals surface area contributed by atoms with E-state index in [2.05, 4.69) is 0 Å². The van der Waals surface area contributed by atoms with Crippen LogP contribution in [0.15, 0.2) is 17.1 Å². The molecule has 1 amide bonds. The summed E-state index contributed by atoms with van der Waals surface area (Å²) in [4.78, 5) is 21.8. The van der Waals surface area contributed by atoms with Gasteiger partial charge in [-0.1, -0.05) is 0 Å². The van der Waals surface area contributed by atoms with Crippen LogP contribution in [0.5, 0.6) is 0 Å². The van der Waals surface area contributed by atoms with Crippen LogP contribution in [0.4, 0.5) is 0 Å². The van der Waals surface area contributed by atoms with Crippen LogP contribution < -0.4 is 11.2 Å². The highest BCUT2D eigenvalue weighted by Crippen LogP contribution is 1.94. The first kappa shape index (κ1) is 8.52. The summed E-state index contributed by atoms with van der Waals surface area (Å²) in [6, 6.07) is 1.39. The summed E-state index contributed by atoms with van der Waals surface area (Å²) < 4.78 is 1.68. The monoisotopic (exact) mass is 166 g/mol. The number of hydrogen-bond donors (Lipinski definition) is 1. The standard InChI is InChI=1S/C8H10N2O2/c1-5-3-7(11)6(8(9)12)4-10(5)2/h3-4H,1-2H3,(H2,9,12). The van der Waals surface area contributed by atoms with Gasteiger partial charge < -0.3 is 10.3 Å². The van der Waals surface area contributed by atoms with Crippen LogP contribution in [0.1, 0.15) is 16.1 Å². The van der Waals surface area contributed by atoms with Gasteiger partial charge in [-0.2, -0.15) is 0 Å². The number of rotatable bonds is 1. The second-order valence-corrected chi connectivity index (χ2v) is 2.67. The van der Waals surface area contributed by atoms with Crippen LogP contribution in [0.25, 0.3) is 0 Å². The Hall–Kier alpha value is -1.58. The van der Waals surface area contributed by atoms with Gasteiger partial charge in [0.15, 0.2) is 5.43 Å².